The van der Waals surface area contributed by atoms with Gasteiger partial charge in [0.25, 0.3) is 0 Å². The van der Waals surface area contributed by atoms with Crippen LogP contribution >= 0.6 is 11.3 Å². The van der Waals surface area contributed by atoms with E-state index in [0.717, 1.165) is 13.1 Å². The van der Waals surface area contributed by atoms with E-state index in [1.807, 2.05) is 11.3 Å². The number of likely N-dealkylation sites (N-methyl/N-ethyl adjacent to an activating group) is 1. The van der Waals surface area contributed by atoms with Gasteiger partial charge in [0.15, 0.2) is 0 Å². The SMILES string of the molecule is CCCCN(CC)CCNCc1sccc1C. The van der Waals surface area contributed by atoms with E-state index in [4.69, 9.17) is 0 Å². The van der Waals surface area contributed by atoms with Crippen molar-refractivity contribution in [2.24, 2.45) is 0 Å². The van der Waals surface area contributed by atoms with E-state index >= 15 is 0 Å². The number of hydrogen-bond donors (Lipinski definition) is 1. The number of thiophene rings is 1. The Kier molecular flexibility index (Phi) is 7.49. The molecule has 2 nitrogen and oxygen atoms in total. The van der Waals surface area contributed by atoms with Crippen LogP contribution in [-0.2, 0) is 6.54 Å². The van der Waals surface area contributed by atoms with Crippen LogP contribution in [-0.4, -0.2) is 31.1 Å². The second-order valence-electron chi connectivity index (χ2n) is 4.49. The summed E-state index contributed by atoms with van der Waals surface area (Å²) in [4.78, 5) is 4.00. The number of hydrogen-bond acceptors (Lipinski definition) is 3. The Bertz CT molecular complexity index is 296. The summed E-state index contributed by atoms with van der Waals surface area (Å²) in [6.45, 7) is 12.4. The van der Waals surface area contributed by atoms with Gasteiger partial charge in [0.1, 0.15) is 0 Å². The molecule has 0 fully saturated rings. The summed E-state index contributed by atoms with van der Waals surface area (Å²) in [6, 6.07) is 2.20. The molecule has 1 N–H and O–H groups in total. The molecule has 17 heavy (non-hydrogen) atoms. The molecule has 0 unspecified atom stereocenters. The molecule has 3 heteroatoms. The third-order valence-corrected chi connectivity index (χ3v) is 4.16. The molecule has 1 rings (SSSR count). The van der Waals surface area contributed by atoms with E-state index in [2.05, 4.69) is 42.4 Å². The zero-order chi connectivity index (χ0) is 12.5. The summed E-state index contributed by atoms with van der Waals surface area (Å²) in [5.74, 6) is 0. The van der Waals surface area contributed by atoms with Gasteiger partial charge in [-0.15, -0.1) is 11.3 Å². The molecule has 0 saturated heterocycles. The summed E-state index contributed by atoms with van der Waals surface area (Å²) in [6.07, 6.45) is 2.61. The number of aryl methyl sites for hydroxylation is 1. The third kappa shape index (κ3) is 5.66. The van der Waals surface area contributed by atoms with E-state index in [1.165, 1.54) is 42.9 Å². The summed E-state index contributed by atoms with van der Waals surface area (Å²) in [7, 11) is 0. The lowest BCUT2D eigenvalue weighted by atomic mass is 10.3. The number of unbranched alkanes of at least 4 members (excludes halogenated alkanes) is 1. The van der Waals surface area contributed by atoms with Crippen molar-refractivity contribution in [1.82, 2.24) is 10.2 Å². The highest BCUT2D eigenvalue weighted by Crippen LogP contribution is 2.14. The maximum Gasteiger partial charge on any atom is 0.0302 e. The second-order valence-corrected chi connectivity index (χ2v) is 5.49. The van der Waals surface area contributed by atoms with Crippen LogP contribution in [0.2, 0.25) is 0 Å². The number of nitrogens with zero attached hydrogens (tertiary/aromatic N) is 1. The van der Waals surface area contributed by atoms with Crippen LogP contribution in [0, 0.1) is 6.92 Å². The molecule has 1 heterocycles. The standard InChI is InChI=1S/C14H26N2S/c1-4-6-9-16(5-2)10-8-15-12-14-13(3)7-11-17-14/h7,11,15H,4-6,8-10,12H2,1-3H3. The van der Waals surface area contributed by atoms with E-state index in [0.29, 0.717) is 0 Å². The molecule has 0 aliphatic rings. The molecule has 0 bridgehead atoms. The first-order chi connectivity index (χ1) is 8.27. The van der Waals surface area contributed by atoms with Gasteiger partial charge in [-0.2, -0.15) is 0 Å². The fourth-order valence-corrected chi connectivity index (χ4v) is 2.71. The van der Waals surface area contributed by atoms with Crippen molar-refractivity contribution in [2.45, 2.75) is 40.2 Å². The Balaban J connectivity index is 2.12. The average molecular weight is 254 g/mol. The van der Waals surface area contributed by atoms with E-state index < -0.39 is 0 Å². The maximum atomic E-state index is 3.54. The second kappa shape index (κ2) is 8.67. The van der Waals surface area contributed by atoms with Gasteiger partial charge in [0.2, 0.25) is 0 Å². The molecule has 1 aromatic rings. The number of nitrogens with one attached hydrogen (secondary N) is 1. The fraction of sp³-hybridized carbons (Fsp3) is 0.714. The summed E-state index contributed by atoms with van der Waals surface area (Å²) < 4.78 is 0. The predicted octanol–water partition coefficient (Wildman–Crippen LogP) is 3.27. The van der Waals surface area contributed by atoms with Gasteiger partial charge in [0.05, 0.1) is 0 Å². The Morgan fingerprint density at radius 2 is 2.12 bits per heavy atom. The van der Waals surface area contributed by atoms with Crippen molar-refractivity contribution in [3.05, 3.63) is 21.9 Å². The molecular weight excluding hydrogens is 228 g/mol. The predicted molar refractivity (Wildman–Crippen MR) is 77.8 cm³/mol. The highest BCUT2D eigenvalue weighted by Gasteiger charge is 2.02. The Hall–Kier alpha value is -0.380. The largest absolute Gasteiger partial charge is 0.311 e. The van der Waals surface area contributed by atoms with Crippen molar-refractivity contribution in [1.29, 1.82) is 0 Å². The van der Waals surface area contributed by atoms with Crippen LogP contribution in [0.1, 0.15) is 37.1 Å². The van der Waals surface area contributed by atoms with Crippen molar-refractivity contribution in [3.63, 3.8) is 0 Å². The molecule has 0 aromatic carbocycles. The molecule has 0 spiro atoms. The van der Waals surface area contributed by atoms with E-state index in [1.54, 1.807) is 0 Å². The minimum Gasteiger partial charge on any atom is -0.311 e. The summed E-state index contributed by atoms with van der Waals surface area (Å²) in [5, 5.41) is 5.71. The van der Waals surface area contributed by atoms with Gasteiger partial charge in [-0.1, -0.05) is 20.3 Å². The monoisotopic (exact) mass is 254 g/mol. The van der Waals surface area contributed by atoms with Crippen LogP contribution < -0.4 is 5.32 Å². The first kappa shape index (κ1) is 14.7. The zero-order valence-corrected chi connectivity index (χ0v) is 12.3. The van der Waals surface area contributed by atoms with Crippen molar-refractivity contribution in [3.8, 4) is 0 Å². The first-order valence-corrected chi connectivity index (χ1v) is 7.62. The first-order valence-electron chi connectivity index (χ1n) is 6.74. The molecule has 1 aromatic heterocycles. The molecule has 0 saturated carbocycles. The molecule has 0 aliphatic heterocycles. The Morgan fingerprint density at radius 3 is 2.71 bits per heavy atom. The van der Waals surface area contributed by atoms with E-state index in [-0.39, 0.29) is 0 Å². The molecule has 0 atom stereocenters. The highest BCUT2D eigenvalue weighted by molar-refractivity contribution is 7.10. The van der Waals surface area contributed by atoms with Gasteiger partial charge in [-0.3, -0.25) is 0 Å². The summed E-state index contributed by atoms with van der Waals surface area (Å²) >= 11 is 1.85. The van der Waals surface area contributed by atoms with Crippen LogP contribution in [0.3, 0.4) is 0 Å². The fourth-order valence-electron chi connectivity index (χ4n) is 1.83. The van der Waals surface area contributed by atoms with Crippen LogP contribution in [0.5, 0.6) is 0 Å². The quantitative estimate of drug-likeness (QED) is 0.680. The van der Waals surface area contributed by atoms with Crippen LogP contribution in [0.15, 0.2) is 11.4 Å². The van der Waals surface area contributed by atoms with Crippen molar-refractivity contribution in [2.75, 3.05) is 26.2 Å². The molecule has 98 valence electrons. The van der Waals surface area contributed by atoms with Crippen LogP contribution in [0.25, 0.3) is 0 Å². The number of rotatable bonds is 9. The van der Waals surface area contributed by atoms with Crippen LogP contribution in [0.4, 0.5) is 0 Å². The molecular formula is C14H26N2S. The van der Waals surface area contributed by atoms with Gasteiger partial charge >= 0.3 is 0 Å². The molecule has 0 amide bonds. The normalized spacial score (nSPS) is 11.3. The van der Waals surface area contributed by atoms with Gasteiger partial charge < -0.3 is 10.2 Å². The third-order valence-electron chi connectivity index (χ3n) is 3.13. The van der Waals surface area contributed by atoms with Gasteiger partial charge in [-0.05, 0) is 43.4 Å². The minimum absolute atomic E-state index is 1.02. The lowest BCUT2D eigenvalue weighted by molar-refractivity contribution is 0.282. The zero-order valence-electron chi connectivity index (χ0n) is 11.5. The highest BCUT2D eigenvalue weighted by atomic mass is 32.1. The van der Waals surface area contributed by atoms with Crippen molar-refractivity contribution >= 4 is 11.3 Å². The lowest BCUT2D eigenvalue weighted by Crippen LogP contribution is -2.32. The van der Waals surface area contributed by atoms with E-state index in [9.17, 15) is 0 Å². The maximum absolute atomic E-state index is 3.54. The Morgan fingerprint density at radius 1 is 1.29 bits per heavy atom. The molecule has 0 aliphatic carbocycles. The lowest BCUT2D eigenvalue weighted by Gasteiger charge is -2.20. The topological polar surface area (TPSA) is 15.3 Å². The minimum atomic E-state index is 1.02. The van der Waals surface area contributed by atoms with Gasteiger partial charge in [0, 0.05) is 24.5 Å². The smallest absolute Gasteiger partial charge is 0.0302 e. The average Bonchev–Trinajstić information content (AvgIpc) is 2.74. The van der Waals surface area contributed by atoms with Crippen molar-refractivity contribution < 1.29 is 0 Å². The van der Waals surface area contributed by atoms with Gasteiger partial charge in [-0.25, -0.2) is 0 Å². The summed E-state index contributed by atoms with van der Waals surface area (Å²) in [5.41, 5.74) is 1.42. The molecule has 0 radical (unpaired) electrons. The Labute approximate surface area is 110 Å².